The predicted molar refractivity (Wildman–Crippen MR) is 124 cm³/mol. The number of hydrogen-bond donors (Lipinski definition) is 2. The molecule has 1 aliphatic rings. The van der Waals surface area contributed by atoms with Gasteiger partial charge in [-0.1, -0.05) is 30.3 Å². The molecule has 0 saturated carbocycles. The van der Waals surface area contributed by atoms with Crippen LogP contribution in [0.2, 0.25) is 0 Å². The Bertz CT molecular complexity index is 957. The molecule has 0 fully saturated rings. The van der Waals surface area contributed by atoms with Crippen LogP contribution in [0.3, 0.4) is 0 Å². The van der Waals surface area contributed by atoms with Crippen molar-refractivity contribution in [1.29, 1.82) is 0 Å². The minimum absolute atomic E-state index is 0. The molecule has 152 valence electrons. The van der Waals surface area contributed by atoms with Crippen molar-refractivity contribution in [3.63, 3.8) is 0 Å². The molecule has 8 heteroatoms. The number of aromatic nitrogens is 3. The maximum atomic E-state index is 5.56. The van der Waals surface area contributed by atoms with E-state index < -0.39 is 0 Å². The first-order chi connectivity index (χ1) is 13.8. The first kappa shape index (κ1) is 21.1. The van der Waals surface area contributed by atoms with E-state index in [1.165, 1.54) is 11.1 Å². The summed E-state index contributed by atoms with van der Waals surface area (Å²) in [5.41, 5.74) is 3.64. The summed E-state index contributed by atoms with van der Waals surface area (Å²) in [6.07, 6.45) is 3.65. The monoisotopic (exact) mass is 504 g/mol. The molecule has 0 saturated heterocycles. The van der Waals surface area contributed by atoms with Gasteiger partial charge in [0.05, 0.1) is 13.2 Å². The van der Waals surface area contributed by atoms with Gasteiger partial charge in [0.25, 0.3) is 0 Å². The van der Waals surface area contributed by atoms with Crippen molar-refractivity contribution in [2.24, 2.45) is 4.99 Å². The fourth-order valence-electron chi connectivity index (χ4n) is 3.29. The number of hydrogen-bond acceptors (Lipinski definition) is 4. The second-order valence-corrected chi connectivity index (χ2v) is 6.60. The van der Waals surface area contributed by atoms with Gasteiger partial charge in [0.15, 0.2) is 11.8 Å². The summed E-state index contributed by atoms with van der Waals surface area (Å²) in [7, 11) is 1.77. The molecule has 7 nitrogen and oxygen atoms in total. The highest BCUT2D eigenvalue weighted by Gasteiger charge is 2.12. The van der Waals surface area contributed by atoms with Gasteiger partial charge < -0.3 is 15.4 Å². The molecular weight excluding hydrogens is 479 g/mol. The van der Waals surface area contributed by atoms with E-state index in [0.29, 0.717) is 6.54 Å². The van der Waals surface area contributed by atoms with Gasteiger partial charge in [0.1, 0.15) is 12.1 Å². The second kappa shape index (κ2) is 10.2. The van der Waals surface area contributed by atoms with Crippen molar-refractivity contribution in [1.82, 2.24) is 25.4 Å². The molecule has 29 heavy (non-hydrogen) atoms. The van der Waals surface area contributed by atoms with Crippen molar-refractivity contribution in [3.8, 4) is 11.4 Å². The number of nitrogens with one attached hydrogen (secondary N) is 2. The lowest BCUT2D eigenvalue weighted by atomic mass is 10.1. The summed E-state index contributed by atoms with van der Waals surface area (Å²) in [5, 5.41) is 14.9. The molecule has 1 aliphatic heterocycles. The number of nitrogens with zero attached hydrogens (tertiary/aromatic N) is 4. The molecule has 2 heterocycles. The number of halogens is 1. The molecule has 0 spiro atoms. The first-order valence-corrected chi connectivity index (χ1v) is 9.47. The second-order valence-electron chi connectivity index (χ2n) is 6.60. The first-order valence-electron chi connectivity index (χ1n) is 9.47. The van der Waals surface area contributed by atoms with Crippen molar-refractivity contribution < 1.29 is 4.74 Å². The largest absolute Gasteiger partial charge is 0.493 e. The van der Waals surface area contributed by atoms with Crippen LogP contribution < -0.4 is 15.4 Å². The summed E-state index contributed by atoms with van der Waals surface area (Å²) in [5.74, 6) is 2.59. The van der Waals surface area contributed by atoms with Crippen LogP contribution in [0.25, 0.3) is 5.69 Å². The summed E-state index contributed by atoms with van der Waals surface area (Å²) in [6.45, 7) is 2.12. The standard InChI is InChI=1S/C21H24N6O.HI/c1-22-21(23-11-9-16-7-8-19-17(13-16)10-12-28-19)24-14-20-26-25-15-27(20)18-5-3-2-4-6-18;/h2-8,13,15H,9-12,14H2,1H3,(H2,22,23,24);1H. The highest BCUT2D eigenvalue weighted by molar-refractivity contribution is 14.0. The molecule has 0 unspecified atom stereocenters. The van der Waals surface area contributed by atoms with Crippen LogP contribution in [-0.2, 0) is 19.4 Å². The number of ether oxygens (including phenoxy) is 1. The Morgan fingerprint density at radius 2 is 2.03 bits per heavy atom. The summed E-state index contributed by atoms with van der Waals surface area (Å²) in [4.78, 5) is 4.30. The average Bonchev–Trinajstić information content (AvgIpc) is 3.40. The summed E-state index contributed by atoms with van der Waals surface area (Å²) in [6, 6.07) is 16.5. The Morgan fingerprint density at radius 1 is 1.17 bits per heavy atom. The lowest BCUT2D eigenvalue weighted by Gasteiger charge is -2.12. The molecule has 2 N–H and O–H groups in total. The van der Waals surface area contributed by atoms with Gasteiger partial charge in [0.2, 0.25) is 0 Å². The number of fused-ring (bicyclic) bond motifs is 1. The molecule has 0 radical (unpaired) electrons. The van der Waals surface area contributed by atoms with Gasteiger partial charge >= 0.3 is 0 Å². The maximum Gasteiger partial charge on any atom is 0.191 e. The van der Waals surface area contributed by atoms with E-state index in [4.69, 9.17) is 4.74 Å². The SMILES string of the molecule is CN=C(NCCc1ccc2c(c1)CCO2)NCc1nncn1-c1ccccc1.I. The van der Waals surface area contributed by atoms with E-state index in [2.05, 4.69) is 44.0 Å². The number of rotatable bonds is 6. The quantitative estimate of drug-likeness (QED) is 0.307. The highest BCUT2D eigenvalue weighted by Crippen LogP contribution is 2.25. The topological polar surface area (TPSA) is 76.4 Å². The van der Waals surface area contributed by atoms with Gasteiger partial charge in [-0.05, 0) is 35.7 Å². The Balaban J connectivity index is 0.00000240. The molecule has 0 atom stereocenters. The molecule has 4 rings (SSSR count). The third-order valence-electron chi connectivity index (χ3n) is 4.75. The van der Waals surface area contributed by atoms with Crippen molar-refractivity contribution >= 4 is 29.9 Å². The minimum Gasteiger partial charge on any atom is -0.493 e. The van der Waals surface area contributed by atoms with Crippen molar-refractivity contribution in [3.05, 3.63) is 71.8 Å². The Hall–Kier alpha value is -2.62. The fraction of sp³-hybridized carbons (Fsp3) is 0.286. The Morgan fingerprint density at radius 3 is 2.86 bits per heavy atom. The third-order valence-corrected chi connectivity index (χ3v) is 4.75. The molecule has 2 aromatic carbocycles. The zero-order chi connectivity index (χ0) is 19.2. The maximum absolute atomic E-state index is 5.56. The third kappa shape index (κ3) is 5.26. The van der Waals surface area contributed by atoms with E-state index >= 15 is 0 Å². The van der Waals surface area contributed by atoms with E-state index in [-0.39, 0.29) is 24.0 Å². The van der Waals surface area contributed by atoms with Crippen LogP contribution in [0.5, 0.6) is 5.75 Å². The van der Waals surface area contributed by atoms with Gasteiger partial charge in [-0.3, -0.25) is 9.56 Å². The van der Waals surface area contributed by atoms with Crippen LogP contribution >= 0.6 is 24.0 Å². The predicted octanol–water partition coefficient (Wildman–Crippen LogP) is 2.73. The highest BCUT2D eigenvalue weighted by atomic mass is 127. The lowest BCUT2D eigenvalue weighted by molar-refractivity contribution is 0.357. The number of guanidine groups is 1. The number of aliphatic imine (C=N–C) groups is 1. The fourth-order valence-corrected chi connectivity index (χ4v) is 3.29. The zero-order valence-electron chi connectivity index (χ0n) is 16.3. The van der Waals surface area contributed by atoms with E-state index in [0.717, 1.165) is 49.2 Å². The van der Waals surface area contributed by atoms with Gasteiger partial charge in [0, 0.05) is 25.7 Å². The summed E-state index contributed by atoms with van der Waals surface area (Å²) >= 11 is 0. The van der Waals surface area contributed by atoms with Crippen LogP contribution in [0.15, 0.2) is 59.9 Å². The summed E-state index contributed by atoms with van der Waals surface area (Å²) < 4.78 is 7.53. The van der Waals surface area contributed by atoms with Crippen LogP contribution in [0, 0.1) is 0 Å². The van der Waals surface area contributed by atoms with Crippen molar-refractivity contribution in [2.45, 2.75) is 19.4 Å². The normalized spacial score (nSPS) is 12.7. The average molecular weight is 504 g/mol. The lowest BCUT2D eigenvalue weighted by Crippen LogP contribution is -2.38. The molecule has 0 aliphatic carbocycles. The molecule has 1 aromatic heterocycles. The molecule has 0 bridgehead atoms. The van der Waals surface area contributed by atoms with Crippen molar-refractivity contribution in [2.75, 3.05) is 20.2 Å². The van der Waals surface area contributed by atoms with E-state index in [1.54, 1.807) is 13.4 Å². The van der Waals surface area contributed by atoms with E-state index in [9.17, 15) is 0 Å². The molecular formula is C21H25IN6O. The van der Waals surface area contributed by atoms with Gasteiger partial charge in [-0.2, -0.15) is 0 Å². The van der Waals surface area contributed by atoms with Crippen LogP contribution in [-0.4, -0.2) is 40.9 Å². The minimum atomic E-state index is 0. The van der Waals surface area contributed by atoms with Gasteiger partial charge in [-0.15, -0.1) is 34.2 Å². The van der Waals surface area contributed by atoms with E-state index in [1.807, 2.05) is 34.9 Å². The van der Waals surface area contributed by atoms with Crippen LogP contribution in [0.4, 0.5) is 0 Å². The smallest absolute Gasteiger partial charge is 0.191 e. The van der Waals surface area contributed by atoms with Crippen LogP contribution in [0.1, 0.15) is 17.0 Å². The van der Waals surface area contributed by atoms with Gasteiger partial charge in [-0.25, -0.2) is 0 Å². The number of para-hydroxylation sites is 1. The Labute approximate surface area is 187 Å². The number of benzene rings is 2. The molecule has 0 amide bonds. The Kier molecular flexibility index (Phi) is 7.45. The molecule has 3 aromatic rings. The zero-order valence-corrected chi connectivity index (χ0v) is 18.7.